The fourth-order valence-electron chi connectivity index (χ4n) is 0.742. The Hall–Kier alpha value is -1.10. The van der Waals surface area contributed by atoms with Crippen molar-refractivity contribution >= 4 is 16.8 Å². The van der Waals surface area contributed by atoms with Crippen LogP contribution < -0.4 is 0 Å². The summed E-state index contributed by atoms with van der Waals surface area (Å²) in [4.78, 5) is 10.1. The topological polar surface area (TPSA) is 67.5 Å². The summed E-state index contributed by atoms with van der Waals surface area (Å²) in [5.74, 6) is -0.672. The Bertz CT molecular complexity index is 278. The number of carbonyl (C=O) groups is 1. The molecule has 0 fully saturated rings. The Labute approximate surface area is 71.7 Å². The summed E-state index contributed by atoms with van der Waals surface area (Å²) >= 11 is 0. The van der Waals surface area contributed by atoms with Crippen LogP contribution in [0.3, 0.4) is 0 Å². The van der Waals surface area contributed by atoms with E-state index in [2.05, 4.69) is 0 Å². The molecule has 1 rings (SSSR count). The molecule has 0 radical (unpaired) electrons. The van der Waals surface area contributed by atoms with Gasteiger partial charge in [-0.05, 0) is 12.1 Å². The van der Waals surface area contributed by atoms with Crippen LogP contribution in [-0.4, -0.2) is 21.0 Å². The number of hydrogen-bond donors (Lipinski definition) is 1. The van der Waals surface area contributed by atoms with Crippen molar-refractivity contribution in [2.75, 3.05) is 5.75 Å². The average molecular weight is 188 g/mol. The maximum Gasteiger partial charge on any atom is 0.316 e. The second-order valence-corrected chi connectivity index (χ2v) is 3.66. The minimum atomic E-state index is -1.37. The van der Waals surface area contributed by atoms with Gasteiger partial charge in [-0.25, -0.2) is 0 Å². The van der Waals surface area contributed by atoms with E-state index in [-0.39, 0.29) is 11.5 Å². The van der Waals surface area contributed by atoms with Gasteiger partial charge in [-0.2, -0.15) is 0 Å². The third kappa shape index (κ3) is 2.87. The van der Waals surface area contributed by atoms with Gasteiger partial charge in [-0.1, -0.05) is 0 Å². The lowest BCUT2D eigenvalue weighted by Crippen LogP contribution is -2.10. The number of furan rings is 1. The van der Waals surface area contributed by atoms with Crippen molar-refractivity contribution in [1.82, 2.24) is 0 Å². The van der Waals surface area contributed by atoms with Crippen LogP contribution in [-0.2, 0) is 21.3 Å². The van der Waals surface area contributed by atoms with Crippen LogP contribution in [0, 0.1) is 0 Å². The van der Waals surface area contributed by atoms with Gasteiger partial charge in [-0.3, -0.25) is 9.00 Å². The predicted octanol–water partition coefficient (Wildman–Crippen LogP) is 0.613. The molecular formula is C7H8O4S. The van der Waals surface area contributed by atoms with Crippen molar-refractivity contribution in [3.63, 3.8) is 0 Å². The molecule has 12 heavy (non-hydrogen) atoms. The van der Waals surface area contributed by atoms with Crippen LogP contribution in [0.2, 0.25) is 0 Å². The zero-order valence-electron chi connectivity index (χ0n) is 6.23. The van der Waals surface area contributed by atoms with E-state index in [0.717, 1.165) is 0 Å². The van der Waals surface area contributed by atoms with Crippen LogP contribution in [0.5, 0.6) is 0 Å². The van der Waals surface area contributed by atoms with Gasteiger partial charge in [-0.15, -0.1) is 0 Å². The van der Waals surface area contributed by atoms with Gasteiger partial charge < -0.3 is 9.52 Å². The molecule has 0 saturated carbocycles. The molecule has 0 saturated heterocycles. The quantitative estimate of drug-likeness (QED) is 0.751. The van der Waals surface area contributed by atoms with Crippen LogP contribution in [0.1, 0.15) is 5.76 Å². The number of carboxylic acids is 1. The number of carboxylic acid groups (broad SMARTS) is 1. The fourth-order valence-corrected chi connectivity index (χ4v) is 1.60. The third-order valence-electron chi connectivity index (χ3n) is 1.17. The monoisotopic (exact) mass is 188 g/mol. The highest BCUT2D eigenvalue weighted by Crippen LogP contribution is 2.03. The summed E-state index contributed by atoms with van der Waals surface area (Å²) < 4.78 is 15.9. The van der Waals surface area contributed by atoms with E-state index in [1.807, 2.05) is 0 Å². The molecular weight excluding hydrogens is 180 g/mol. The molecule has 0 aliphatic heterocycles. The van der Waals surface area contributed by atoms with E-state index in [1.165, 1.54) is 6.26 Å². The van der Waals surface area contributed by atoms with Crippen LogP contribution in [0.15, 0.2) is 22.8 Å². The van der Waals surface area contributed by atoms with Crippen molar-refractivity contribution in [2.45, 2.75) is 5.75 Å². The van der Waals surface area contributed by atoms with Crippen LogP contribution in [0.4, 0.5) is 0 Å². The molecule has 1 heterocycles. The SMILES string of the molecule is O=C(O)C[S@](=O)Cc1ccco1. The van der Waals surface area contributed by atoms with Crippen LogP contribution in [0.25, 0.3) is 0 Å². The molecule has 1 aromatic rings. The molecule has 0 amide bonds. The molecule has 0 spiro atoms. The molecule has 0 aliphatic rings. The third-order valence-corrected chi connectivity index (χ3v) is 2.34. The zero-order valence-corrected chi connectivity index (χ0v) is 7.04. The predicted molar refractivity (Wildman–Crippen MR) is 43.1 cm³/mol. The summed E-state index contributed by atoms with van der Waals surface area (Å²) in [6.07, 6.45) is 1.47. The molecule has 1 aromatic heterocycles. The Kier molecular flexibility index (Phi) is 3.04. The molecule has 1 N–H and O–H groups in total. The van der Waals surface area contributed by atoms with Gasteiger partial charge in [0.15, 0.2) is 0 Å². The highest BCUT2D eigenvalue weighted by atomic mass is 32.2. The van der Waals surface area contributed by atoms with Crippen molar-refractivity contribution in [3.05, 3.63) is 24.2 Å². The van der Waals surface area contributed by atoms with E-state index >= 15 is 0 Å². The second-order valence-electron chi connectivity index (χ2n) is 2.20. The largest absolute Gasteiger partial charge is 0.481 e. The highest BCUT2D eigenvalue weighted by Gasteiger charge is 2.07. The summed E-state index contributed by atoms with van der Waals surface area (Å²) in [7, 11) is -1.37. The number of aliphatic carboxylic acids is 1. The van der Waals surface area contributed by atoms with Gasteiger partial charge in [0, 0.05) is 10.8 Å². The lowest BCUT2D eigenvalue weighted by molar-refractivity contribution is -0.133. The smallest absolute Gasteiger partial charge is 0.316 e. The Morgan fingerprint density at radius 3 is 2.92 bits per heavy atom. The molecule has 0 unspecified atom stereocenters. The van der Waals surface area contributed by atoms with Crippen LogP contribution >= 0.6 is 0 Å². The minimum Gasteiger partial charge on any atom is -0.481 e. The van der Waals surface area contributed by atoms with Gasteiger partial charge in [0.05, 0.1) is 12.0 Å². The van der Waals surface area contributed by atoms with Gasteiger partial charge in [0.25, 0.3) is 0 Å². The fraction of sp³-hybridized carbons (Fsp3) is 0.286. The van der Waals surface area contributed by atoms with Crippen molar-refractivity contribution in [2.24, 2.45) is 0 Å². The highest BCUT2D eigenvalue weighted by molar-refractivity contribution is 7.84. The Balaban J connectivity index is 2.42. The first-order valence-electron chi connectivity index (χ1n) is 3.27. The molecule has 0 aromatic carbocycles. The Morgan fingerprint density at radius 2 is 2.42 bits per heavy atom. The summed E-state index contributed by atoms with van der Waals surface area (Å²) in [6, 6.07) is 3.34. The maximum atomic E-state index is 11.0. The normalized spacial score (nSPS) is 12.7. The van der Waals surface area contributed by atoms with E-state index in [0.29, 0.717) is 5.76 Å². The summed E-state index contributed by atoms with van der Waals surface area (Å²) in [5.41, 5.74) is 0. The average Bonchev–Trinajstić information content (AvgIpc) is 2.37. The molecule has 5 heteroatoms. The molecule has 1 atom stereocenters. The summed E-state index contributed by atoms with van der Waals surface area (Å²) in [6.45, 7) is 0. The molecule has 0 aliphatic carbocycles. The van der Waals surface area contributed by atoms with E-state index in [1.54, 1.807) is 12.1 Å². The first kappa shape index (κ1) is 8.99. The summed E-state index contributed by atoms with van der Waals surface area (Å²) in [5, 5.41) is 8.29. The standard InChI is InChI=1S/C7H8O4S/c8-7(9)5-12(10)4-6-2-1-3-11-6/h1-3H,4-5H2,(H,8,9)/t12-/m1/s1. The lowest BCUT2D eigenvalue weighted by Gasteiger charge is -1.94. The van der Waals surface area contributed by atoms with E-state index in [9.17, 15) is 9.00 Å². The maximum absolute atomic E-state index is 11.0. The van der Waals surface area contributed by atoms with E-state index < -0.39 is 16.8 Å². The van der Waals surface area contributed by atoms with Crippen molar-refractivity contribution in [1.29, 1.82) is 0 Å². The van der Waals surface area contributed by atoms with E-state index in [4.69, 9.17) is 9.52 Å². The zero-order chi connectivity index (χ0) is 8.97. The van der Waals surface area contributed by atoms with Gasteiger partial charge >= 0.3 is 5.97 Å². The first-order chi connectivity index (χ1) is 5.68. The minimum absolute atomic E-state index is 0.166. The molecule has 4 nitrogen and oxygen atoms in total. The number of hydrogen-bond acceptors (Lipinski definition) is 3. The second kappa shape index (κ2) is 4.06. The van der Waals surface area contributed by atoms with Crippen molar-refractivity contribution in [3.8, 4) is 0 Å². The van der Waals surface area contributed by atoms with Gasteiger partial charge in [0.1, 0.15) is 11.5 Å². The lowest BCUT2D eigenvalue weighted by atomic mass is 10.5. The number of rotatable bonds is 4. The molecule has 0 bridgehead atoms. The van der Waals surface area contributed by atoms with Crippen molar-refractivity contribution < 1.29 is 18.5 Å². The Morgan fingerprint density at radius 1 is 1.67 bits per heavy atom. The first-order valence-corrected chi connectivity index (χ1v) is 4.76. The molecule has 66 valence electrons. The van der Waals surface area contributed by atoms with Gasteiger partial charge in [0.2, 0.25) is 0 Å².